The van der Waals surface area contributed by atoms with Crippen LogP contribution in [0.3, 0.4) is 0 Å². The smallest absolute Gasteiger partial charge is 0.475 e. The molecule has 0 amide bonds. The number of aromatic nitrogens is 5. The molecule has 2 aromatic heterocycles. The zero-order chi connectivity index (χ0) is 24.3. The highest BCUT2D eigenvalue weighted by Crippen LogP contribution is 2.23. The summed E-state index contributed by atoms with van der Waals surface area (Å²) in [6.45, 7) is 3.88. The molecule has 0 bridgehead atoms. The van der Waals surface area contributed by atoms with Gasteiger partial charge in [0.15, 0.2) is 11.5 Å². The van der Waals surface area contributed by atoms with Gasteiger partial charge in [-0.05, 0) is 30.7 Å². The predicted octanol–water partition coefficient (Wildman–Crippen LogP) is 2.24. The summed E-state index contributed by atoms with van der Waals surface area (Å²) < 4.78 is 40.4. The molecule has 0 unspecified atom stereocenters. The molecule has 4 rings (SSSR count). The molecule has 0 spiro atoms. The van der Waals surface area contributed by atoms with Crippen molar-refractivity contribution in [1.82, 2.24) is 29.7 Å². The Morgan fingerprint density at radius 3 is 2.42 bits per heavy atom. The Kier molecular flexibility index (Phi) is 6.81. The summed E-state index contributed by atoms with van der Waals surface area (Å²) in [4.78, 5) is 23.5. The van der Waals surface area contributed by atoms with Crippen molar-refractivity contribution >= 4 is 11.9 Å². The first-order valence-electron chi connectivity index (χ1n) is 9.64. The highest BCUT2D eigenvalue weighted by molar-refractivity contribution is 5.88. The van der Waals surface area contributed by atoms with Crippen molar-refractivity contribution in [2.75, 3.05) is 7.05 Å². The number of ether oxygens (including phenoxy) is 1. The van der Waals surface area contributed by atoms with Crippen molar-refractivity contribution in [1.29, 1.82) is 0 Å². The molecule has 1 aliphatic rings. The van der Waals surface area contributed by atoms with Gasteiger partial charge in [0.25, 0.3) is 0 Å². The lowest BCUT2D eigenvalue weighted by Crippen LogP contribution is -2.21. The highest BCUT2D eigenvalue weighted by atomic mass is 19.4. The van der Waals surface area contributed by atoms with E-state index in [9.17, 15) is 18.0 Å². The fraction of sp³-hybridized carbons (Fsp3) is 0.350. The Balaban J connectivity index is 0.000000383. The first-order valence-corrected chi connectivity index (χ1v) is 9.64. The van der Waals surface area contributed by atoms with Crippen LogP contribution in [0.5, 0.6) is 0 Å². The maximum Gasteiger partial charge on any atom is 0.490 e. The summed E-state index contributed by atoms with van der Waals surface area (Å²) in [5.74, 6) is -2.63. The molecule has 0 atom stereocenters. The summed E-state index contributed by atoms with van der Waals surface area (Å²) in [7, 11) is 3.91. The molecular weight excluding hydrogens is 445 g/mol. The largest absolute Gasteiger partial charge is 0.490 e. The quantitative estimate of drug-likeness (QED) is 0.583. The van der Waals surface area contributed by atoms with Crippen molar-refractivity contribution in [3.05, 3.63) is 58.5 Å². The SMILES string of the molecule is Cc1c(C(=O)OCc2ccc3c(c2)CN(C)C3)nnn1-c1ccn(C)n1.O=C(O)C(F)(F)F. The summed E-state index contributed by atoms with van der Waals surface area (Å²) in [6.07, 6.45) is -3.28. The topological polar surface area (TPSA) is 115 Å². The van der Waals surface area contributed by atoms with Crippen LogP contribution in [0, 0.1) is 6.92 Å². The summed E-state index contributed by atoms with van der Waals surface area (Å²) >= 11 is 0. The Morgan fingerprint density at radius 1 is 1.15 bits per heavy atom. The van der Waals surface area contributed by atoms with Crippen LogP contribution in [0.25, 0.3) is 5.82 Å². The van der Waals surface area contributed by atoms with Gasteiger partial charge in [-0.25, -0.2) is 9.59 Å². The Hall–Kier alpha value is -3.74. The van der Waals surface area contributed by atoms with Crippen LogP contribution >= 0.6 is 0 Å². The molecule has 1 N–H and O–H groups in total. The third-order valence-electron chi connectivity index (χ3n) is 4.77. The molecule has 0 saturated heterocycles. The normalized spacial score (nSPS) is 13.3. The average molecular weight is 466 g/mol. The van der Waals surface area contributed by atoms with Gasteiger partial charge in [0.2, 0.25) is 0 Å². The van der Waals surface area contributed by atoms with E-state index < -0.39 is 18.1 Å². The molecule has 0 radical (unpaired) electrons. The molecule has 1 aromatic carbocycles. The van der Waals surface area contributed by atoms with Crippen LogP contribution in [0.2, 0.25) is 0 Å². The summed E-state index contributed by atoms with van der Waals surface area (Å²) in [5.41, 5.74) is 4.40. The number of alkyl halides is 3. The molecule has 0 fully saturated rings. The van der Waals surface area contributed by atoms with Crippen molar-refractivity contribution in [3.8, 4) is 5.82 Å². The van der Waals surface area contributed by atoms with Crippen molar-refractivity contribution < 1.29 is 32.6 Å². The molecule has 0 aliphatic carbocycles. The first-order chi connectivity index (χ1) is 15.5. The lowest BCUT2D eigenvalue weighted by Gasteiger charge is -2.06. The van der Waals surface area contributed by atoms with E-state index in [1.165, 1.54) is 15.8 Å². The predicted molar refractivity (Wildman–Crippen MR) is 107 cm³/mol. The maximum absolute atomic E-state index is 12.4. The minimum Gasteiger partial charge on any atom is -0.475 e. The van der Waals surface area contributed by atoms with Crippen LogP contribution in [0.1, 0.15) is 32.9 Å². The van der Waals surface area contributed by atoms with E-state index in [2.05, 4.69) is 39.5 Å². The standard InChI is InChI=1S/C18H20N6O2.C2HF3O2/c1-12-17(19-21-24(12)16-6-7-23(3)20-16)18(25)26-11-13-4-5-14-9-22(2)10-15(14)8-13;3-2(4,5)1(6)7/h4-8H,9-11H2,1-3H3;(H,6,7). The molecule has 3 aromatic rings. The number of hydrogen-bond acceptors (Lipinski definition) is 7. The number of esters is 1. The number of rotatable bonds is 4. The third kappa shape index (κ3) is 5.74. The Labute approximate surface area is 186 Å². The monoisotopic (exact) mass is 466 g/mol. The van der Waals surface area contributed by atoms with E-state index in [1.807, 2.05) is 13.1 Å². The second-order valence-electron chi connectivity index (χ2n) is 7.44. The molecule has 10 nitrogen and oxygen atoms in total. The highest BCUT2D eigenvalue weighted by Gasteiger charge is 2.38. The maximum atomic E-state index is 12.4. The molecule has 176 valence electrons. The number of aryl methyl sites for hydroxylation is 1. The van der Waals surface area contributed by atoms with E-state index >= 15 is 0 Å². The average Bonchev–Trinajstić information content (AvgIpc) is 3.42. The third-order valence-corrected chi connectivity index (χ3v) is 4.77. The number of hydrogen-bond donors (Lipinski definition) is 1. The lowest BCUT2D eigenvalue weighted by molar-refractivity contribution is -0.192. The summed E-state index contributed by atoms with van der Waals surface area (Å²) in [5, 5.41) is 19.4. The summed E-state index contributed by atoms with van der Waals surface area (Å²) in [6, 6.07) is 8.01. The molecule has 3 heterocycles. The second-order valence-corrected chi connectivity index (χ2v) is 7.44. The van der Waals surface area contributed by atoms with Crippen LogP contribution in [0.4, 0.5) is 13.2 Å². The van der Waals surface area contributed by atoms with E-state index in [4.69, 9.17) is 14.6 Å². The van der Waals surface area contributed by atoms with Gasteiger partial charge in [0, 0.05) is 32.4 Å². The van der Waals surface area contributed by atoms with E-state index in [0.29, 0.717) is 11.5 Å². The van der Waals surface area contributed by atoms with Gasteiger partial charge in [-0.15, -0.1) is 5.10 Å². The number of carbonyl (C=O) groups excluding carboxylic acids is 1. The molecule has 0 saturated carbocycles. The number of benzene rings is 1. The van der Waals surface area contributed by atoms with Crippen LogP contribution in [-0.4, -0.2) is 59.9 Å². The number of aliphatic carboxylic acids is 1. The fourth-order valence-corrected chi connectivity index (χ4v) is 3.18. The van der Waals surface area contributed by atoms with Crippen LogP contribution in [-0.2, 0) is 36.3 Å². The number of carboxylic acid groups (broad SMARTS) is 1. The fourth-order valence-electron chi connectivity index (χ4n) is 3.18. The Morgan fingerprint density at radius 2 is 1.82 bits per heavy atom. The van der Waals surface area contributed by atoms with Crippen LogP contribution in [0.15, 0.2) is 30.5 Å². The van der Waals surface area contributed by atoms with Gasteiger partial charge in [-0.3, -0.25) is 9.58 Å². The van der Waals surface area contributed by atoms with Crippen LogP contribution < -0.4 is 0 Å². The molecular formula is C20H21F3N6O4. The van der Waals surface area contributed by atoms with Crippen molar-refractivity contribution in [3.63, 3.8) is 0 Å². The minimum atomic E-state index is -5.08. The van der Waals surface area contributed by atoms with Crippen molar-refractivity contribution in [2.45, 2.75) is 32.8 Å². The van der Waals surface area contributed by atoms with E-state index in [1.54, 1.807) is 23.9 Å². The lowest BCUT2D eigenvalue weighted by atomic mass is 10.1. The Bertz CT molecular complexity index is 1170. The van der Waals surface area contributed by atoms with E-state index in [0.717, 1.165) is 18.7 Å². The van der Waals surface area contributed by atoms with Gasteiger partial charge in [-0.2, -0.15) is 23.0 Å². The first kappa shape index (κ1) is 23.9. The number of nitrogens with zero attached hydrogens (tertiary/aromatic N) is 6. The van der Waals surface area contributed by atoms with Gasteiger partial charge >= 0.3 is 18.1 Å². The molecule has 13 heteroatoms. The number of carboxylic acids is 1. The molecule has 1 aliphatic heterocycles. The van der Waals surface area contributed by atoms with Gasteiger partial charge < -0.3 is 9.84 Å². The van der Waals surface area contributed by atoms with Gasteiger partial charge in [-0.1, -0.05) is 23.4 Å². The number of halogens is 3. The zero-order valence-corrected chi connectivity index (χ0v) is 18.0. The number of carbonyl (C=O) groups is 2. The second kappa shape index (κ2) is 9.40. The van der Waals surface area contributed by atoms with Crippen molar-refractivity contribution in [2.24, 2.45) is 7.05 Å². The minimum absolute atomic E-state index is 0.205. The van der Waals surface area contributed by atoms with Gasteiger partial charge in [0.1, 0.15) is 6.61 Å². The molecule has 33 heavy (non-hydrogen) atoms. The van der Waals surface area contributed by atoms with E-state index in [-0.39, 0.29) is 12.3 Å². The number of fused-ring (bicyclic) bond motifs is 1. The van der Waals surface area contributed by atoms with Gasteiger partial charge in [0.05, 0.1) is 5.69 Å². The zero-order valence-electron chi connectivity index (χ0n) is 18.0.